The van der Waals surface area contributed by atoms with Crippen LogP contribution in [0.1, 0.15) is 18.5 Å². The van der Waals surface area contributed by atoms with Crippen molar-refractivity contribution < 1.29 is 8.42 Å². The van der Waals surface area contributed by atoms with Gasteiger partial charge in [-0.3, -0.25) is 0 Å². The quantitative estimate of drug-likeness (QED) is 0.747. The van der Waals surface area contributed by atoms with E-state index in [1.54, 1.807) is 12.1 Å². The Morgan fingerprint density at radius 1 is 1.09 bits per heavy atom. The predicted octanol–water partition coefficient (Wildman–Crippen LogP) is 2.38. The van der Waals surface area contributed by atoms with Gasteiger partial charge in [0.1, 0.15) is 0 Å². The first-order valence-electron chi connectivity index (χ1n) is 6.61. The molecule has 2 rings (SSSR count). The van der Waals surface area contributed by atoms with Gasteiger partial charge in [-0.1, -0.05) is 30.3 Å². The van der Waals surface area contributed by atoms with E-state index in [1.165, 1.54) is 12.1 Å². The number of rotatable bonds is 4. The summed E-state index contributed by atoms with van der Waals surface area (Å²) < 4.78 is 22.4. The van der Waals surface area contributed by atoms with E-state index in [9.17, 15) is 8.42 Å². The molecular formula is C15H17N3O2S2. The minimum absolute atomic E-state index is 0.0601. The summed E-state index contributed by atoms with van der Waals surface area (Å²) in [7, 11) is -3.68. The van der Waals surface area contributed by atoms with Crippen LogP contribution in [0, 0.1) is 0 Å². The van der Waals surface area contributed by atoms with Gasteiger partial charge >= 0.3 is 0 Å². The first-order valence-corrected chi connectivity index (χ1v) is 8.57. The van der Waals surface area contributed by atoms with Gasteiger partial charge in [0.05, 0.1) is 10.9 Å². The number of thiocarbonyl (C=S) groups is 1. The lowest BCUT2D eigenvalue weighted by molar-refractivity contribution is 0.598. The van der Waals surface area contributed by atoms with Gasteiger partial charge in [-0.05, 0) is 49.0 Å². The van der Waals surface area contributed by atoms with Crippen molar-refractivity contribution in [2.75, 3.05) is 5.32 Å². The zero-order valence-corrected chi connectivity index (χ0v) is 13.6. The van der Waals surface area contributed by atoms with Gasteiger partial charge in [-0.2, -0.15) is 0 Å². The molecule has 0 aromatic heterocycles. The summed E-state index contributed by atoms with van der Waals surface area (Å²) in [5, 5.41) is 11.7. The van der Waals surface area contributed by atoms with Crippen molar-refractivity contribution in [2.45, 2.75) is 17.9 Å². The van der Waals surface area contributed by atoms with Crippen LogP contribution in [0.5, 0.6) is 0 Å². The number of nitrogens with two attached hydrogens (primary N) is 1. The van der Waals surface area contributed by atoms with E-state index >= 15 is 0 Å². The number of nitrogens with one attached hydrogen (secondary N) is 2. The zero-order valence-electron chi connectivity index (χ0n) is 12.0. The Morgan fingerprint density at radius 3 is 2.23 bits per heavy atom. The van der Waals surface area contributed by atoms with Crippen LogP contribution in [-0.4, -0.2) is 13.5 Å². The van der Waals surface area contributed by atoms with Crippen LogP contribution < -0.4 is 15.8 Å². The molecule has 1 unspecified atom stereocenters. The number of hydrogen-bond donors (Lipinski definition) is 3. The van der Waals surface area contributed by atoms with Crippen molar-refractivity contribution in [3.8, 4) is 0 Å². The molecule has 2 aromatic carbocycles. The minimum atomic E-state index is -3.68. The van der Waals surface area contributed by atoms with Crippen molar-refractivity contribution in [3.63, 3.8) is 0 Å². The van der Waals surface area contributed by atoms with Crippen LogP contribution in [0.3, 0.4) is 0 Å². The third-order valence-corrected chi connectivity index (χ3v) is 4.24. The molecule has 0 saturated carbocycles. The summed E-state index contributed by atoms with van der Waals surface area (Å²) >= 11 is 5.25. The molecule has 0 aliphatic carbocycles. The van der Waals surface area contributed by atoms with E-state index < -0.39 is 10.0 Å². The first-order chi connectivity index (χ1) is 10.4. The van der Waals surface area contributed by atoms with Gasteiger partial charge in [0.2, 0.25) is 10.0 Å². The van der Waals surface area contributed by atoms with Gasteiger partial charge in [0, 0.05) is 5.69 Å². The highest BCUT2D eigenvalue weighted by atomic mass is 32.2. The molecule has 0 aliphatic rings. The fourth-order valence-corrected chi connectivity index (χ4v) is 2.73. The van der Waals surface area contributed by atoms with Crippen molar-refractivity contribution >= 4 is 33.0 Å². The van der Waals surface area contributed by atoms with Gasteiger partial charge in [0.25, 0.3) is 0 Å². The SMILES string of the molecule is CC(NC(=S)Nc1ccc(S(N)(=O)=O)cc1)c1ccccc1. The van der Waals surface area contributed by atoms with E-state index in [-0.39, 0.29) is 10.9 Å². The Morgan fingerprint density at radius 2 is 1.68 bits per heavy atom. The summed E-state index contributed by atoms with van der Waals surface area (Å²) in [6.45, 7) is 2.01. The maximum atomic E-state index is 11.2. The number of benzene rings is 2. The van der Waals surface area contributed by atoms with E-state index in [0.29, 0.717) is 10.8 Å². The monoisotopic (exact) mass is 335 g/mol. The Balaban J connectivity index is 1.98. The topological polar surface area (TPSA) is 84.2 Å². The van der Waals surface area contributed by atoms with Gasteiger partial charge in [0.15, 0.2) is 5.11 Å². The normalized spacial score (nSPS) is 12.5. The van der Waals surface area contributed by atoms with Crippen molar-refractivity contribution in [2.24, 2.45) is 5.14 Å². The molecule has 0 amide bonds. The van der Waals surface area contributed by atoms with Crippen LogP contribution in [-0.2, 0) is 10.0 Å². The highest BCUT2D eigenvalue weighted by molar-refractivity contribution is 7.89. The summed E-state index contributed by atoms with van der Waals surface area (Å²) in [6, 6.07) is 16.1. The molecule has 2 aromatic rings. The number of sulfonamides is 1. The van der Waals surface area contributed by atoms with E-state index in [0.717, 1.165) is 5.56 Å². The Labute approximate surface area is 135 Å². The molecule has 0 heterocycles. The lowest BCUT2D eigenvalue weighted by Crippen LogP contribution is -2.30. The summed E-state index contributed by atoms with van der Waals surface area (Å²) in [4.78, 5) is 0.0644. The molecule has 4 N–H and O–H groups in total. The highest BCUT2D eigenvalue weighted by Gasteiger charge is 2.09. The van der Waals surface area contributed by atoms with Crippen LogP contribution in [0.2, 0.25) is 0 Å². The van der Waals surface area contributed by atoms with E-state index in [1.807, 2.05) is 37.3 Å². The second kappa shape index (κ2) is 6.87. The third-order valence-electron chi connectivity index (χ3n) is 3.09. The molecule has 0 saturated heterocycles. The fourth-order valence-electron chi connectivity index (χ4n) is 1.92. The lowest BCUT2D eigenvalue weighted by Gasteiger charge is -2.17. The van der Waals surface area contributed by atoms with Crippen LogP contribution >= 0.6 is 12.2 Å². The van der Waals surface area contributed by atoms with E-state index in [2.05, 4.69) is 10.6 Å². The maximum absolute atomic E-state index is 11.2. The Kier molecular flexibility index (Phi) is 5.12. The standard InChI is InChI=1S/C15H17N3O2S2/c1-11(12-5-3-2-4-6-12)17-15(21)18-13-7-9-14(10-8-13)22(16,19)20/h2-11H,1H3,(H2,16,19,20)(H2,17,18,21). The molecule has 0 fully saturated rings. The maximum Gasteiger partial charge on any atom is 0.238 e. The van der Waals surface area contributed by atoms with Crippen LogP contribution in [0.25, 0.3) is 0 Å². The largest absolute Gasteiger partial charge is 0.356 e. The second-order valence-corrected chi connectivity index (χ2v) is 6.77. The van der Waals surface area contributed by atoms with Gasteiger partial charge in [-0.25, -0.2) is 13.6 Å². The highest BCUT2D eigenvalue weighted by Crippen LogP contribution is 2.14. The van der Waals surface area contributed by atoms with Gasteiger partial charge in [-0.15, -0.1) is 0 Å². The minimum Gasteiger partial charge on any atom is -0.356 e. The van der Waals surface area contributed by atoms with Gasteiger partial charge < -0.3 is 10.6 Å². The molecule has 22 heavy (non-hydrogen) atoms. The first kappa shape index (κ1) is 16.4. The smallest absolute Gasteiger partial charge is 0.238 e. The summed E-state index contributed by atoms with van der Waals surface area (Å²) in [6.07, 6.45) is 0. The van der Waals surface area contributed by atoms with Crippen LogP contribution in [0.15, 0.2) is 59.5 Å². The molecule has 1 atom stereocenters. The molecule has 116 valence electrons. The third kappa shape index (κ3) is 4.52. The Hall–Kier alpha value is -1.96. The van der Waals surface area contributed by atoms with Crippen molar-refractivity contribution in [1.29, 1.82) is 0 Å². The summed E-state index contributed by atoms with van der Waals surface area (Å²) in [5.74, 6) is 0. The number of anilines is 1. The van der Waals surface area contributed by atoms with Crippen molar-refractivity contribution in [3.05, 3.63) is 60.2 Å². The second-order valence-electron chi connectivity index (χ2n) is 4.80. The molecule has 7 heteroatoms. The average molecular weight is 335 g/mol. The lowest BCUT2D eigenvalue weighted by atomic mass is 10.1. The fraction of sp³-hybridized carbons (Fsp3) is 0.133. The average Bonchev–Trinajstić information content (AvgIpc) is 2.47. The zero-order chi connectivity index (χ0) is 16.2. The number of primary sulfonamides is 1. The van der Waals surface area contributed by atoms with Crippen LogP contribution in [0.4, 0.5) is 5.69 Å². The van der Waals surface area contributed by atoms with E-state index in [4.69, 9.17) is 17.4 Å². The molecule has 0 aliphatic heterocycles. The van der Waals surface area contributed by atoms with Crippen molar-refractivity contribution in [1.82, 2.24) is 5.32 Å². The Bertz CT molecular complexity index is 744. The molecule has 0 radical (unpaired) electrons. The summed E-state index contributed by atoms with van der Waals surface area (Å²) in [5.41, 5.74) is 1.81. The molecule has 0 bridgehead atoms. The molecule has 0 spiro atoms. The molecular weight excluding hydrogens is 318 g/mol. The predicted molar refractivity (Wildman–Crippen MR) is 92.0 cm³/mol. The molecule has 5 nitrogen and oxygen atoms in total. The number of hydrogen-bond acceptors (Lipinski definition) is 3.